The lowest BCUT2D eigenvalue weighted by Gasteiger charge is -2.23. The highest BCUT2D eigenvalue weighted by atomic mass is 35.5. The summed E-state index contributed by atoms with van der Waals surface area (Å²) in [6.07, 6.45) is 5.13. The molecule has 1 aliphatic rings. The van der Waals surface area contributed by atoms with E-state index in [1.54, 1.807) is 13.8 Å². The van der Waals surface area contributed by atoms with Crippen molar-refractivity contribution < 1.29 is 19.3 Å². The van der Waals surface area contributed by atoms with Gasteiger partial charge in [-0.15, -0.1) is 0 Å². The van der Waals surface area contributed by atoms with Crippen LogP contribution < -0.4 is 16.0 Å². The van der Waals surface area contributed by atoms with Crippen molar-refractivity contribution in [2.24, 2.45) is 11.8 Å². The Morgan fingerprint density at radius 2 is 1.77 bits per heavy atom. The normalized spacial score (nSPS) is 15.2. The van der Waals surface area contributed by atoms with Gasteiger partial charge < -0.3 is 16.0 Å². The molecule has 0 bridgehead atoms. The minimum absolute atomic E-state index is 0.0236. The zero-order valence-electron chi connectivity index (χ0n) is 17.8. The Morgan fingerprint density at radius 3 is 2.35 bits per heavy atom. The van der Waals surface area contributed by atoms with Gasteiger partial charge in [0, 0.05) is 31.1 Å². The molecule has 0 radical (unpaired) electrons. The van der Waals surface area contributed by atoms with Crippen LogP contribution in [0.3, 0.4) is 0 Å². The van der Waals surface area contributed by atoms with Gasteiger partial charge in [0.05, 0.1) is 15.5 Å². The maximum Gasteiger partial charge on any atom is 0.270 e. The van der Waals surface area contributed by atoms with Crippen LogP contribution in [0.15, 0.2) is 18.2 Å². The highest BCUT2D eigenvalue weighted by molar-refractivity contribution is 6.34. The summed E-state index contributed by atoms with van der Waals surface area (Å²) >= 11 is 6.00. The van der Waals surface area contributed by atoms with Crippen LogP contribution in [0.1, 0.15) is 56.3 Å². The third kappa shape index (κ3) is 7.20. The quantitative estimate of drug-likeness (QED) is 0.301. The van der Waals surface area contributed by atoms with Gasteiger partial charge in [-0.25, -0.2) is 0 Å². The largest absolute Gasteiger partial charge is 0.354 e. The van der Waals surface area contributed by atoms with E-state index in [1.807, 2.05) is 0 Å². The molecule has 0 aliphatic heterocycles. The number of nitrogens with zero attached hydrogens (tertiary/aromatic N) is 1. The number of nitro benzene ring substituents is 1. The van der Waals surface area contributed by atoms with E-state index < -0.39 is 16.9 Å². The first-order chi connectivity index (χ1) is 14.7. The summed E-state index contributed by atoms with van der Waals surface area (Å²) in [6, 6.07) is 2.70. The minimum atomic E-state index is -0.826. The third-order valence-corrected chi connectivity index (χ3v) is 5.66. The van der Waals surface area contributed by atoms with E-state index in [-0.39, 0.29) is 46.5 Å². The SMILES string of the molecule is CC(C)C(NC(=O)c1ccc([N+](=O)[O-])cc1Cl)C(=O)NCCNC(=O)C1CCCCC1. The predicted molar refractivity (Wildman–Crippen MR) is 117 cm³/mol. The van der Waals surface area contributed by atoms with Crippen molar-refractivity contribution >= 4 is 35.0 Å². The number of nitrogens with one attached hydrogen (secondary N) is 3. The molecule has 1 atom stereocenters. The summed E-state index contributed by atoms with van der Waals surface area (Å²) in [4.78, 5) is 47.5. The Balaban J connectivity index is 1.86. The van der Waals surface area contributed by atoms with Crippen LogP contribution in [0, 0.1) is 22.0 Å². The Hall–Kier alpha value is -2.68. The van der Waals surface area contributed by atoms with Gasteiger partial charge >= 0.3 is 0 Å². The number of carbonyl (C=O) groups excluding carboxylic acids is 3. The third-order valence-electron chi connectivity index (χ3n) is 5.34. The number of nitro groups is 1. The fourth-order valence-corrected chi connectivity index (χ4v) is 3.81. The van der Waals surface area contributed by atoms with Crippen LogP contribution in [0.2, 0.25) is 5.02 Å². The Bertz CT molecular complexity index is 824. The topological polar surface area (TPSA) is 130 Å². The van der Waals surface area contributed by atoms with Crippen molar-refractivity contribution in [2.75, 3.05) is 13.1 Å². The summed E-state index contributed by atoms with van der Waals surface area (Å²) < 4.78 is 0. The van der Waals surface area contributed by atoms with E-state index in [2.05, 4.69) is 16.0 Å². The van der Waals surface area contributed by atoms with Crippen molar-refractivity contribution in [2.45, 2.75) is 52.0 Å². The van der Waals surface area contributed by atoms with E-state index in [9.17, 15) is 24.5 Å². The van der Waals surface area contributed by atoms with Gasteiger partial charge in [-0.05, 0) is 24.8 Å². The molecular weight excluding hydrogens is 424 g/mol. The van der Waals surface area contributed by atoms with Crippen LogP contribution in [-0.2, 0) is 9.59 Å². The maximum absolute atomic E-state index is 12.6. The number of amides is 3. The minimum Gasteiger partial charge on any atom is -0.354 e. The second-order valence-corrected chi connectivity index (χ2v) is 8.44. The molecule has 0 heterocycles. The maximum atomic E-state index is 12.6. The number of rotatable bonds is 9. The zero-order valence-corrected chi connectivity index (χ0v) is 18.5. The Labute approximate surface area is 186 Å². The molecule has 1 aromatic carbocycles. The molecule has 0 saturated heterocycles. The second-order valence-electron chi connectivity index (χ2n) is 8.03. The summed E-state index contributed by atoms with van der Waals surface area (Å²) in [5.74, 6) is -1.11. The average Bonchev–Trinajstić information content (AvgIpc) is 2.74. The number of carbonyl (C=O) groups is 3. The number of hydrogen-bond acceptors (Lipinski definition) is 5. The molecule has 3 amide bonds. The highest BCUT2D eigenvalue weighted by Crippen LogP contribution is 2.24. The second kappa shape index (κ2) is 11.6. The van der Waals surface area contributed by atoms with E-state index in [1.165, 1.54) is 18.6 Å². The molecule has 31 heavy (non-hydrogen) atoms. The van der Waals surface area contributed by atoms with Crippen molar-refractivity contribution in [1.29, 1.82) is 0 Å². The molecule has 170 valence electrons. The number of halogens is 1. The molecule has 1 aromatic rings. The van der Waals surface area contributed by atoms with Crippen LogP contribution >= 0.6 is 11.6 Å². The lowest BCUT2D eigenvalue weighted by Crippen LogP contribution is -2.51. The van der Waals surface area contributed by atoms with Gasteiger partial charge in [0.25, 0.3) is 11.6 Å². The van der Waals surface area contributed by atoms with Gasteiger partial charge in [-0.2, -0.15) is 0 Å². The van der Waals surface area contributed by atoms with E-state index in [4.69, 9.17) is 11.6 Å². The van der Waals surface area contributed by atoms with E-state index in [0.29, 0.717) is 6.54 Å². The lowest BCUT2D eigenvalue weighted by molar-refractivity contribution is -0.384. The summed E-state index contributed by atoms with van der Waals surface area (Å²) in [5, 5.41) is 19.0. The molecular formula is C21H29ClN4O5. The number of non-ortho nitro benzene ring substituents is 1. The standard InChI is InChI=1S/C21H29ClN4O5/c1-13(2)18(25-20(28)16-9-8-15(26(30)31)12-17(16)22)21(29)24-11-10-23-19(27)14-6-4-3-5-7-14/h8-9,12-14,18H,3-7,10-11H2,1-2H3,(H,23,27)(H,24,29)(H,25,28). The predicted octanol–water partition coefficient (Wildman–Crippen LogP) is 2.82. The van der Waals surface area contributed by atoms with Crippen molar-refractivity contribution in [3.8, 4) is 0 Å². The van der Waals surface area contributed by atoms with E-state index >= 15 is 0 Å². The van der Waals surface area contributed by atoms with Crippen LogP contribution in [0.25, 0.3) is 0 Å². The number of hydrogen-bond donors (Lipinski definition) is 3. The summed E-state index contributed by atoms with van der Waals surface area (Å²) in [6.45, 7) is 4.13. The van der Waals surface area contributed by atoms with Crippen molar-refractivity contribution in [1.82, 2.24) is 16.0 Å². The molecule has 3 N–H and O–H groups in total. The van der Waals surface area contributed by atoms with Gasteiger partial charge in [0.1, 0.15) is 6.04 Å². The summed E-state index contributed by atoms with van der Waals surface area (Å²) in [5.41, 5.74) is -0.180. The molecule has 10 heteroatoms. The molecule has 0 spiro atoms. The monoisotopic (exact) mass is 452 g/mol. The Morgan fingerprint density at radius 1 is 1.13 bits per heavy atom. The molecule has 0 aromatic heterocycles. The molecule has 9 nitrogen and oxygen atoms in total. The fourth-order valence-electron chi connectivity index (χ4n) is 3.55. The first-order valence-corrected chi connectivity index (χ1v) is 10.9. The molecule has 1 saturated carbocycles. The smallest absolute Gasteiger partial charge is 0.270 e. The zero-order chi connectivity index (χ0) is 23.0. The first-order valence-electron chi connectivity index (χ1n) is 10.5. The average molecular weight is 453 g/mol. The van der Waals surface area contributed by atoms with Crippen LogP contribution in [0.5, 0.6) is 0 Å². The van der Waals surface area contributed by atoms with Gasteiger partial charge in [0.2, 0.25) is 11.8 Å². The molecule has 1 fully saturated rings. The lowest BCUT2D eigenvalue weighted by atomic mass is 9.89. The Kier molecular flexibility index (Phi) is 9.23. The van der Waals surface area contributed by atoms with E-state index in [0.717, 1.165) is 31.7 Å². The molecule has 1 aliphatic carbocycles. The van der Waals surface area contributed by atoms with Crippen LogP contribution in [-0.4, -0.2) is 41.8 Å². The fraction of sp³-hybridized carbons (Fsp3) is 0.571. The van der Waals surface area contributed by atoms with Gasteiger partial charge in [0.15, 0.2) is 0 Å². The van der Waals surface area contributed by atoms with Crippen molar-refractivity contribution in [3.63, 3.8) is 0 Å². The van der Waals surface area contributed by atoms with Gasteiger partial charge in [-0.1, -0.05) is 44.7 Å². The number of benzene rings is 1. The van der Waals surface area contributed by atoms with Crippen LogP contribution in [0.4, 0.5) is 5.69 Å². The van der Waals surface area contributed by atoms with Gasteiger partial charge in [-0.3, -0.25) is 24.5 Å². The summed E-state index contributed by atoms with van der Waals surface area (Å²) in [7, 11) is 0. The van der Waals surface area contributed by atoms with Crippen molar-refractivity contribution in [3.05, 3.63) is 38.9 Å². The first kappa shape index (κ1) is 24.6. The molecule has 1 unspecified atom stereocenters. The highest BCUT2D eigenvalue weighted by Gasteiger charge is 2.26. The molecule has 2 rings (SSSR count).